The zero-order chi connectivity index (χ0) is 14.2. The zero-order valence-corrected chi connectivity index (χ0v) is 9.68. The Morgan fingerprint density at radius 2 is 0.500 bits per heavy atom. The van der Waals surface area contributed by atoms with E-state index in [4.69, 9.17) is 0 Å². The number of nitrogens with zero attached hydrogens (tertiary/aromatic N) is 6. The summed E-state index contributed by atoms with van der Waals surface area (Å²) in [6, 6.07) is 12.5. The third-order valence-corrected chi connectivity index (χ3v) is 7.82. The van der Waals surface area contributed by atoms with Crippen LogP contribution in [0.5, 0.6) is 0 Å². The van der Waals surface area contributed by atoms with Crippen LogP contribution in [0.25, 0.3) is 0 Å². The first kappa shape index (κ1) is 8.94. The van der Waals surface area contributed by atoms with E-state index in [1.54, 1.807) is 0 Å². The molecule has 0 aromatic carbocycles. The van der Waals surface area contributed by atoms with E-state index in [1.165, 1.54) is 0 Å². The first-order chi connectivity index (χ1) is 9.61. The molecule has 0 saturated heterocycles. The van der Waals surface area contributed by atoms with Gasteiger partial charge in [0.2, 0.25) is 0 Å². The summed E-state index contributed by atoms with van der Waals surface area (Å²) >= 11 is 0. The quantitative estimate of drug-likeness (QED) is 0.647. The van der Waals surface area contributed by atoms with Crippen molar-refractivity contribution in [2.45, 2.75) is 0 Å². The van der Waals surface area contributed by atoms with Gasteiger partial charge >= 0.3 is 0 Å². The van der Waals surface area contributed by atoms with Crippen molar-refractivity contribution in [3.63, 3.8) is 0 Å². The summed E-state index contributed by atoms with van der Waals surface area (Å²) in [7, 11) is 0. The van der Waals surface area contributed by atoms with Gasteiger partial charge in [0.05, 0.1) is 36.4 Å². The van der Waals surface area contributed by atoms with E-state index in [0.717, 1.165) is 0 Å². The molecule has 8 rings (SSSR count). The minimum atomic E-state index is -1.01. The second-order valence-electron chi connectivity index (χ2n) is 6.67. The Labute approximate surface area is 112 Å². The second-order valence-corrected chi connectivity index (χ2v) is 6.67. The normalized spacial score (nSPS) is 78.3. The van der Waals surface area contributed by atoms with Crippen molar-refractivity contribution in [3.8, 4) is 36.4 Å². The molecule has 0 aromatic heterocycles. The molecule has 0 atom stereocenters. The summed E-state index contributed by atoms with van der Waals surface area (Å²) < 4.78 is 0. The van der Waals surface area contributed by atoms with Gasteiger partial charge in [0.15, 0.2) is 0 Å². The minimum Gasteiger partial charge on any atom is -0.198 e. The molecule has 6 nitrogen and oxygen atoms in total. The van der Waals surface area contributed by atoms with Crippen molar-refractivity contribution in [1.29, 1.82) is 31.6 Å². The maximum atomic E-state index is 9.37. The van der Waals surface area contributed by atoms with Crippen LogP contribution < -0.4 is 0 Å². The molecular formula is C14N6. The maximum Gasteiger partial charge on any atom is 0.109 e. The molecule has 0 unspecified atom stereocenters. The molecule has 0 aromatic rings. The van der Waals surface area contributed by atoms with E-state index in [9.17, 15) is 31.6 Å². The van der Waals surface area contributed by atoms with Crippen molar-refractivity contribution < 1.29 is 0 Å². The lowest BCUT2D eigenvalue weighted by Crippen LogP contribution is -1.90. The van der Waals surface area contributed by atoms with Crippen molar-refractivity contribution in [2.24, 2.45) is 43.3 Å². The maximum absolute atomic E-state index is 9.37. The van der Waals surface area contributed by atoms with Crippen molar-refractivity contribution in [2.75, 3.05) is 0 Å². The predicted molar refractivity (Wildman–Crippen MR) is 53.1 cm³/mol. The number of rotatable bonds is 1. The topological polar surface area (TPSA) is 143 Å². The Hall–Kier alpha value is -3.06. The van der Waals surface area contributed by atoms with E-state index < -0.39 is 43.3 Å². The largest absolute Gasteiger partial charge is 0.198 e. The van der Waals surface area contributed by atoms with Gasteiger partial charge in [-0.05, 0) is 0 Å². The molecule has 0 aliphatic heterocycles. The second kappa shape index (κ2) is 1.37. The summed E-state index contributed by atoms with van der Waals surface area (Å²) in [5, 5.41) is 56.2. The SMILES string of the molecule is N#CC12C3(C#N)C1(C#N)C23C12C3(C#N)C1(C#N)C32C#N. The fourth-order valence-corrected chi connectivity index (χ4v) is 7.32. The molecule has 20 heavy (non-hydrogen) atoms. The van der Waals surface area contributed by atoms with Crippen molar-refractivity contribution in [1.82, 2.24) is 0 Å². The molecule has 6 heteroatoms. The lowest BCUT2D eigenvalue weighted by Gasteiger charge is -1.84. The van der Waals surface area contributed by atoms with Crippen LogP contribution >= 0.6 is 0 Å². The van der Waals surface area contributed by atoms with Crippen LogP contribution in [0.15, 0.2) is 0 Å². The molecule has 8 fully saturated rings. The molecule has 8 saturated carbocycles. The average molecular weight is 252 g/mol. The van der Waals surface area contributed by atoms with Crippen LogP contribution in [-0.2, 0) is 0 Å². The molecule has 8 aliphatic carbocycles. The molecule has 8 aliphatic rings. The van der Waals surface area contributed by atoms with Crippen LogP contribution in [0.4, 0.5) is 0 Å². The Bertz CT molecular complexity index is 793. The Kier molecular flexibility index (Phi) is 0.613. The summed E-state index contributed by atoms with van der Waals surface area (Å²) in [4.78, 5) is 0. The number of nitriles is 6. The minimum absolute atomic E-state index is 0.862. The molecular weight excluding hydrogens is 252 g/mol. The first-order valence-corrected chi connectivity index (χ1v) is 6.09. The van der Waals surface area contributed by atoms with Crippen LogP contribution in [-0.4, -0.2) is 0 Å². The lowest BCUT2D eigenvalue weighted by molar-refractivity contribution is 0.582. The van der Waals surface area contributed by atoms with Gasteiger partial charge in [0, 0.05) is 10.8 Å². The lowest BCUT2D eigenvalue weighted by atomic mass is 10.1. The summed E-state index contributed by atoms with van der Waals surface area (Å²) in [5.74, 6) is 0. The average Bonchev–Trinajstić information content (AvgIpc) is 3.35. The molecule has 0 N–H and O–H groups in total. The van der Waals surface area contributed by atoms with Gasteiger partial charge in [-0.15, -0.1) is 0 Å². The standard InChI is InChI=1S/C14N6/c15-1-7-8(2-16)9(7,3-17)13(7,8)14-10(4-18)11(14,5-19)12(10,14)6-20. The summed E-state index contributed by atoms with van der Waals surface area (Å²) in [6.07, 6.45) is 0. The third kappa shape index (κ3) is 0.216. The van der Waals surface area contributed by atoms with Gasteiger partial charge in [0.25, 0.3) is 0 Å². The highest BCUT2D eigenvalue weighted by atomic mass is 15.5. The molecule has 0 spiro atoms. The fourth-order valence-electron chi connectivity index (χ4n) is 7.32. The van der Waals surface area contributed by atoms with Gasteiger partial charge in [0.1, 0.15) is 32.5 Å². The van der Waals surface area contributed by atoms with Crippen LogP contribution in [0.1, 0.15) is 0 Å². The number of hydrogen-bond acceptors (Lipinski definition) is 6. The Morgan fingerprint density at radius 1 is 0.350 bits per heavy atom. The van der Waals surface area contributed by atoms with E-state index in [0.29, 0.717) is 0 Å². The van der Waals surface area contributed by atoms with Gasteiger partial charge in [-0.3, -0.25) is 0 Å². The van der Waals surface area contributed by atoms with Gasteiger partial charge in [-0.2, -0.15) is 31.6 Å². The van der Waals surface area contributed by atoms with Crippen LogP contribution in [0.2, 0.25) is 0 Å². The van der Waals surface area contributed by atoms with Crippen LogP contribution in [0.3, 0.4) is 0 Å². The van der Waals surface area contributed by atoms with Crippen molar-refractivity contribution >= 4 is 0 Å². The van der Waals surface area contributed by atoms with Gasteiger partial charge < -0.3 is 0 Å². The van der Waals surface area contributed by atoms with Gasteiger partial charge in [-0.1, -0.05) is 0 Å². The van der Waals surface area contributed by atoms with E-state index >= 15 is 0 Å². The molecule has 0 amide bonds. The highest BCUT2D eigenvalue weighted by molar-refractivity contribution is 6.06. The number of hydrogen-bond donors (Lipinski definition) is 0. The first-order valence-electron chi connectivity index (χ1n) is 6.09. The van der Waals surface area contributed by atoms with E-state index in [1.807, 2.05) is 0 Å². The summed E-state index contributed by atoms with van der Waals surface area (Å²) in [5.41, 5.74) is -7.77. The fraction of sp³-hybridized carbons (Fsp3) is 0.571. The highest BCUT2D eigenvalue weighted by Gasteiger charge is 3.59. The van der Waals surface area contributed by atoms with Gasteiger partial charge in [-0.25, -0.2) is 0 Å². The predicted octanol–water partition coefficient (Wildman–Crippen LogP) is 0.101. The van der Waals surface area contributed by atoms with E-state index in [-0.39, 0.29) is 0 Å². The van der Waals surface area contributed by atoms with Crippen LogP contribution in [0, 0.1) is 111 Å². The highest BCUT2D eigenvalue weighted by Crippen LogP contribution is 3.50. The van der Waals surface area contributed by atoms with Crippen molar-refractivity contribution in [3.05, 3.63) is 0 Å². The third-order valence-electron chi connectivity index (χ3n) is 7.82. The molecule has 0 radical (unpaired) electrons. The monoisotopic (exact) mass is 252 g/mol. The molecule has 86 valence electrons. The Morgan fingerprint density at radius 3 is 0.600 bits per heavy atom. The smallest absolute Gasteiger partial charge is 0.109 e. The van der Waals surface area contributed by atoms with E-state index in [2.05, 4.69) is 36.4 Å². The molecule has 0 heterocycles. The summed E-state index contributed by atoms with van der Waals surface area (Å²) in [6.45, 7) is 0. The Balaban J connectivity index is 1.67. The zero-order valence-electron chi connectivity index (χ0n) is 9.68. The molecule has 0 bridgehead atoms.